The Hall–Kier alpha value is -4.23. The topological polar surface area (TPSA) is 105 Å². The predicted octanol–water partition coefficient (Wildman–Crippen LogP) is 7.54. The number of nitrogens with zero attached hydrogens (tertiary/aromatic N) is 2. The molecule has 0 aliphatic heterocycles. The Labute approximate surface area is 216 Å². The van der Waals surface area contributed by atoms with E-state index in [1.54, 1.807) is 18.2 Å². The highest BCUT2D eigenvalue weighted by Crippen LogP contribution is 2.34. The van der Waals surface area contributed by atoms with Gasteiger partial charge in [-0.1, -0.05) is 50.7 Å². The molecule has 0 unspecified atom stereocenters. The normalized spacial score (nSPS) is 11.6. The van der Waals surface area contributed by atoms with E-state index in [0.29, 0.717) is 28.1 Å². The standard InChI is InChI=1S/C27H23F2N3O4S/c1-27(2,3)19-5-9-21(10-6-19)36-24-13-4-17(15-23(24)32(34)35)14-18(16-30)25(33)31-20-7-11-22(12-8-20)37-26(28)29/h4-15,26H,1-3H3,(H,31,33)/b18-14-. The number of carbonyl (C=O) groups is 1. The molecule has 0 atom stereocenters. The van der Waals surface area contributed by atoms with Crippen LogP contribution < -0.4 is 10.1 Å². The van der Waals surface area contributed by atoms with Crippen LogP contribution in [0.15, 0.2) is 77.2 Å². The number of amides is 1. The number of nitro groups is 1. The first-order valence-corrected chi connectivity index (χ1v) is 11.9. The number of ether oxygens (including phenoxy) is 1. The number of anilines is 1. The monoisotopic (exact) mass is 523 g/mol. The Bertz CT molecular complexity index is 1360. The van der Waals surface area contributed by atoms with Crippen LogP contribution in [0.1, 0.15) is 31.9 Å². The lowest BCUT2D eigenvalue weighted by Crippen LogP contribution is -2.13. The zero-order valence-electron chi connectivity index (χ0n) is 20.2. The Morgan fingerprint density at radius 2 is 1.76 bits per heavy atom. The summed E-state index contributed by atoms with van der Waals surface area (Å²) in [5.74, 6) is -2.88. The number of halogens is 2. The van der Waals surface area contributed by atoms with E-state index < -0.39 is 16.6 Å². The third kappa shape index (κ3) is 7.62. The van der Waals surface area contributed by atoms with Crippen molar-refractivity contribution in [2.75, 3.05) is 5.32 Å². The lowest BCUT2D eigenvalue weighted by Gasteiger charge is -2.19. The van der Waals surface area contributed by atoms with Crippen LogP contribution in [0.2, 0.25) is 0 Å². The van der Waals surface area contributed by atoms with Crippen LogP contribution in [-0.2, 0) is 10.2 Å². The van der Waals surface area contributed by atoms with E-state index >= 15 is 0 Å². The van der Waals surface area contributed by atoms with Gasteiger partial charge in [0.15, 0.2) is 0 Å². The van der Waals surface area contributed by atoms with E-state index in [2.05, 4.69) is 26.1 Å². The molecule has 3 rings (SSSR count). The van der Waals surface area contributed by atoms with Crippen molar-refractivity contribution in [1.29, 1.82) is 5.26 Å². The molecule has 0 spiro atoms. The molecular weight excluding hydrogens is 500 g/mol. The highest BCUT2D eigenvalue weighted by molar-refractivity contribution is 7.99. The summed E-state index contributed by atoms with van der Waals surface area (Å²) in [5.41, 5.74) is 0.944. The number of hydrogen-bond acceptors (Lipinski definition) is 6. The zero-order valence-corrected chi connectivity index (χ0v) is 21.0. The quantitative estimate of drug-likeness (QED) is 0.107. The van der Waals surface area contributed by atoms with Gasteiger partial charge in [-0.15, -0.1) is 0 Å². The Morgan fingerprint density at radius 3 is 2.30 bits per heavy atom. The molecule has 190 valence electrons. The SMILES string of the molecule is CC(C)(C)c1ccc(Oc2ccc(/C=C(/C#N)C(=O)Nc3ccc(SC(F)F)cc3)cc2[N+](=O)[O-])cc1. The van der Waals surface area contributed by atoms with Gasteiger partial charge < -0.3 is 10.1 Å². The molecule has 10 heteroatoms. The van der Waals surface area contributed by atoms with Gasteiger partial charge in [0, 0.05) is 16.6 Å². The molecule has 0 aliphatic carbocycles. The molecule has 0 bridgehead atoms. The molecule has 0 saturated heterocycles. The van der Waals surface area contributed by atoms with Crippen molar-refractivity contribution in [3.63, 3.8) is 0 Å². The highest BCUT2D eigenvalue weighted by atomic mass is 32.2. The van der Waals surface area contributed by atoms with Crippen molar-refractivity contribution in [2.24, 2.45) is 0 Å². The number of alkyl halides is 2. The van der Waals surface area contributed by atoms with E-state index in [4.69, 9.17) is 4.74 Å². The van der Waals surface area contributed by atoms with E-state index in [1.807, 2.05) is 12.1 Å². The summed E-state index contributed by atoms with van der Waals surface area (Å²) in [6.07, 6.45) is 1.21. The summed E-state index contributed by atoms with van der Waals surface area (Å²) in [6.45, 7) is 6.21. The molecule has 0 aromatic heterocycles. The van der Waals surface area contributed by atoms with Gasteiger partial charge in [-0.3, -0.25) is 14.9 Å². The van der Waals surface area contributed by atoms with E-state index in [1.165, 1.54) is 48.5 Å². The number of benzene rings is 3. The second-order valence-electron chi connectivity index (χ2n) is 8.89. The summed E-state index contributed by atoms with van der Waals surface area (Å²) < 4.78 is 30.6. The second-order valence-corrected chi connectivity index (χ2v) is 9.95. The minimum atomic E-state index is -2.57. The lowest BCUT2D eigenvalue weighted by atomic mass is 9.87. The number of nitro benzene ring substituents is 1. The molecule has 0 heterocycles. The average Bonchev–Trinajstić information content (AvgIpc) is 2.83. The molecule has 1 amide bonds. The molecule has 1 N–H and O–H groups in total. The molecule has 3 aromatic carbocycles. The fraction of sp³-hybridized carbons (Fsp3) is 0.185. The van der Waals surface area contributed by atoms with Crippen molar-refractivity contribution < 1.29 is 23.2 Å². The van der Waals surface area contributed by atoms with Gasteiger partial charge in [-0.2, -0.15) is 14.0 Å². The van der Waals surface area contributed by atoms with E-state index in [9.17, 15) is 29.0 Å². The first-order chi connectivity index (χ1) is 17.5. The summed E-state index contributed by atoms with van der Waals surface area (Å²) in [5, 5.41) is 23.7. The first-order valence-electron chi connectivity index (χ1n) is 11.0. The van der Waals surface area contributed by atoms with Gasteiger partial charge >= 0.3 is 5.69 Å². The third-order valence-electron chi connectivity index (χ3n) is 5.14. The van der Waals surface area contributed by atoms with Crippen LogP contribution in [-0.4, -0.2) is 16.6 Å². The molecule has 0 radical (unpaired) electrons. The van der Waals surface area contributed by atoms with Gasteiger partial charge in [-0.25, -0.2) is 0 Å². The molecule has 37 heavy (non-hydrogen) atoms. The Morgan fingerprint density at radius 1 is 1.11 bits per heavy atom. The second kappa shape index (κ2) is 11.7. The summed E-state index contributed by atoms with van der Waals surface area (Å²) >= 11 is 0.370. The molecule has 3 aromatic rings. The lowest BCUT2D eigenvalue weighted by molar-refractivity contribution is -0.385. The van der Waals surface area contributed by atoms with Crippen molar-refractivity contribution in [1.82, 2.24) is 0 Å². The van der Waals surface area contributed by atoms with Crippen molar-refractivity contribution in [3.05, 3.63) is 93.5 Å². The average molecular weight is 524 g/mol. The van der Waals surface area contributed by atoms with Crippen LogP contribution in [0, 0.1) is 21.4 Å². The van der Waals surface area contributed by atoms with Crippen LogP contribution >= 0.6 is 11.8 Å². The fourth-order valence-corrected chi connectivity index (χ4v) is 3.74. The molecular formula is C27H23F2N3O4S. The molecule has 7 nitrogen and oxygen atoms in total. The van der Waals surface area contributed by atoms with Crippen molar-refractivity contribution in [2.45, 2.75) is 36.8 Å². The number of carbonyl (C=O) groups excluding carboxylic acids is 1. The third-order valence-corrected chi connectivity index (χ3v) is 5.86. The smallest absolute Gasteiger partial charge is 0.312 e. The molecule has 0 saturated carbocycles. The van der Waals surface area contributed by atoms with Crippen LogP contribution in [0.3, 0.4) is 0 Å². The predicted molar refractivity (Wildman–Crippen MR) is 139 cm³/mol. The Balaban J connectivity index is 1.79. The van der Waals surface area contributed by atoms with Gasteiger partial charge in [0.25, 0.3) is 11.7 Å². The number of thioether (sulfide) groups is 1. The van der Waals surface area contributed by atoms with E-state index in [-0.39, 0.29) is 28.0 Å². The van der Waals surface area contributed by atoms with Crippen LogP contribution in [0.4, 0.5) is 20.2 Å². The maximum absolute atomic E-state index is 12.5. The largest absolute Gasteiger partial charge is 0.450 e. The van der Waals surface area contributed by atoms with Gasteiger partial charge in [0.1, 0.15) is 17.4 Å². The number of hydrogen-bond donors (Lipinski definition) is 1. The van der Waals surface area contributed by atoms with Gasteiger partial charge in [0.2, 0.25) is 5.75 Å². The highest BCUT2D eigenvalue weighted by Gasteiger charge is 2.19. The fourth-order valence-electron chi connectivity index (χ4n) is 3.24. The van der Waals surface area contributed by atoms with Crippen LogP contribution in [0.5, 0.6) is 11.5 Å². The molecule has 0 fully saturated rings. The minimum absolute atomic E-state index is 0.00961. The number of nitriles is 1. The maximum Gasteiger partial charge on any atom is 0.312 e. The van der Waals surface area contributed by atoms with Crippen molar-refractivity contribution >= 4 is 35.1 Å². The Kier molecular flexibility index (Phi) is 8.63. The summed E-state index contributed by atoms with van der Waals surface area (Å²) in [6, 6.07) is 18.8. The minimum Gasteiger partial charge on any atom is -0.450 e. The maximum atomic E-state index is 12.5. The van der Waals surface area contributed by atoms with Gasteiger partial charge in [0.05, 0.1) is 4.92 Å². The van der Waals surface area contributed by atoms with Gasteiger partial charge in [-0.05, 0) is 65.1 Å². The number of nitrogens with one attached hydrogen (secondary N) is 1. The van der Waals surface area contributed by atoms with E-state index in [0.717, 1.165) is 5.56 Å². The first kappa shape index (κ1) is 27.4. The molecule has 0 aliphatic rings. The number of rotatable bonds is 8. The van der Waals surface area contributed by atoms with Crippen LogP contribution in [0.25, 0.3) is 6.08 Å². The summed E-state index contributed by atoms with van der Waals surface area (Å²) in [4.78, 5) is 23.9. The van der Waals surface area contributed by atoms with Crippen molar-refractivity contribution in [3.8, 4) is 17.6 Å². The zero-order chi connectivity index (χ0) is 27.2. The summed E-state index contributed by atoms with van der Waals surface area (Å²) in [7, 11) is 0.